The van der Waals surface area contributed by atoms with Gasteiger partial charge < -0.3 is 9.64 Å². The third-order valence-electron chi connectivity index (χ3n) is 5.41. The van der Waals surface area contributed by atoms with Crippen LogP contribution in [0, 0.1) is 0 Å². The summed E-state index contributed by atoms with van der Waals surface area (Å²) < 4.78 is 6.26. The zero-order valence-electron chi connectivity index (χ0n) is 15.3. The van der Waals surface area contributed by atoms with Crippen LogP contribution in [0.4, 0.5) is 0 Å². The van der Waals surface area contributed by atoms with Crippen molar-refractivity contribution in [2.24, 2.45) is 0 Å². The maximum absolute atomic E-state index is 11.4. The minimum Gasteiger partial charge on any atom is -0.373 e. The molecule has 0 N–H and O–H groups in total. The van der Waals surface area contributed by atoms with Gasteiger partial charge in [0.1, 0.15) is 0 Å². The number of ether oxygens (including phenoxy) is 1. The molecule has 138 valence electrons. The lowest BCUT2D eigenvalue weighted by Crippen LogP contribution is -2.49. The Bertz CT molecular complexity index is 773. The van der Waals surface area contributed by atoms with Gasteiger partial charge in [0.15, 0.2) is 0 Å². The molecule has 1 aromatic carbocycles. The van der Waals surface area contributed by atoms with Gasteiger partial charge >= 0.3 is 0 Å². The summed E-state index contributed by atoms with van der Waals surface area (Å²) in [6.07, 6.45) is 5.39. The number of para-hydroxylation sites is 2. The number of benzene rings is 1. The molecule has 0 radical (unpaired) electrons. The molecule has 0 saturated carbocycles. The lowest BCUT2D eigenvalue weighted by atomic mass is 10.1. The zero-order valence-corrected chi connectivity index (χ0v) is 15.3. The van der Waals surface area contributed by atoms with Crippen LogP contribution < -0.4 is 0 Å². The van der Waals surface area contributed by atoms with Gasteiger partial charge in [-0.15, -0.1) is 0 Å². The van der Waals surface area contributed by atoms with E-state index in [1.807, 2.05) is 35.4 Å². The number of fused-ring (bicyclic) bond motifs is 1. The fourth-order valence-electron chi connectivity index (χ4n) is 3.92. The van der Waals surface area contributed by atoms with Crippen molar-refractivity contribution < 1.29 is 9.53 Å². The smallest absolute Gasteiger partial charge is 0.219 e. The van der Waals surface area contributed by atoms with E-state index < -0.39 is 0 Å². The minimum absolute atomic E-state index is 0.179. The predicted octanol–water partition coefficient (Wildman–Crippen LogP) is 1.88. The van der Waals surface area contributed by atoms with Crippen LogP contribution in [0.5, 0.6) is 0 Å². The topological polar surface area (TPSA) is 58.6 Å². The monoisotopic (exact) mass is 354 g/mol. The Morgan fingerprint density at radius 2 is 1.85 bits per heavy atom. The van der Waals surface area contributed by atoms with Gasteiger partial charge in [-0.1, -0.05) is 12.1 Å². The van der Waals surface area contributed by atoms with E-state index in [1.165, 1.54) is 0 Å². The van der Waals surface area contributed by atoms with Crippen molar-refractivity contribution in [3.8, 4) is 0 Å². The van der Waals surface area contributed by atoms with Gasteiger partial charge in [0.05, 0.1) is 28.9 Å². The highest BCUT2D eigenvalue weighted by molar-refractivity contribution is 5.73. The van der Waals surface area contributed by atoms with E-state index in [1.54, 1.807) is 6.92 Å². The number of hydrogen-bond acceptors (Lipinski definition) is 5. The van der Waals surface area contributed by atoms with Crippen LogP contribution in [0.15, 0.2) is 30.5 Å². The van der Waals surface area contributed by atoms with Gasteiger partial charge in [-0.3, -0.25) is 14.7 Å². The summed E-state index contributed by atoms with van der Waals surface area (Å²) in [6, 6.07) is 7.97. The Morgan fingerprint density at radius 1 is 1.12 bits per heavy atom. The van der Waals surface area contributed by atoms with E-state index in [-0.39, 0.29) is 18.1 Å². The first kappa shape index (κ1) is 17.4. The highest BCUT2D eigenvalue weighted by Gasteiger charge is 2.29. The molecule has 2 saturated heterocycles. The number of hydrogen-bond donors (Lipinski definition) is 0. The van der Waals surface area contributed by atoms with E-state index >= 15 is 0 Å². The summed E-state index contributed by atoms with van der Waals surface area (Å²) in [5.41, 5.74) is 2.89. The Labute approximate surface area is 154 Å². The first-order chi connectivity index (χ1) is 12.7. The molecule has 2 aromatic rings. The van der Waals surface area contributed by atoms with E-state index in [4.69, 9.17) is 9.72 Å². The van der Waals surface area contributed by atoms with Crippen molar-refractivity contribution in [3.05, 3.63) is 36.2 Å². The molecule has 1 amide bonds. The summed E-state index contributed by atoms with van der Waals surface area (Å²) in [6.45, 7) is 6.17. The van der Waals surface area contributed by atoms with Gasteiger partial charge in [0, 0.05) is 52.3 Å². The van der Waals surface area contributed by atoms with Crippen LogP contribution in [0.25, 0.3) is 11.0 Å². The van der Waals surface area contributed by atoms with Gasteiger partial charge in [-0.2, -0.15) is 0 Å². The highest BCUT2D eigenvalue weighted by atomic mass is 16.5. The molecular formula is C20H26N4O2. The minimum atomic E-state index is 0.179. The standard InChI is InChI=1S/C20H26N4O2/c1-15(25)24-10-8-23(9-11-24)14-18-7-6-17(26-18)12-16-13-21-19-4-2-3-5-20(19)22-16/h2-5,13,17-18H,6-12,14H2,1H3/t17-,18+/m0/s1. The Balaban J connectivity index is 1.27. The van der Waals surface area contributed by atoms with Crippen LogP contribution in [0.1, 0.15) is 25.5 Å². The average molecular weight is 354 g/mol. The third kappa shape index (κ3) is 4.02. The van der Waals surface area contributed by atoms with Crippen LogP contribution in [0.2, 0.25) is 0 Å². The number of nitrogens with zero attached hydrogens (tertiary/aromatic N) is 4. The fourth-order valence-corrected chi connectivity index (χ4v) is 3.92. The number of carbonyl (C=O) groups excluding carboxylic acids is 1. The molecule has 0 unspecified atom stereocenters. The van der Waals surface area contributed by atoms with Crippen molar-refractivity contribution in [3.63, 3.8) is 0 Å². The molecule has 2 aliphatic rings. The summed E-state index contributed by atoms with van der Waals surface area (Å²) >= 11 is 0. The second-order valence-corrected chi connectivity index (χ2v) is 7.32. The Kier molecular flexibility index (Phi) is 5.13. The molecule has 26 heavy (non-hydrogen) atoms. The molecule has 0 aliphatic carbocycles. The van der Waals surface area contributed by atoms with Crippen molar-refractivity contribution in [1.29, 1.82) is 0 Å². The zero-order chi connectivity index (χ0) is 17.9. The second kappa shape index (κ2) is 7.68. The van der Waals surface area contributed by atoms with E-state index in [0.29, 0.717) is 0 Å². The normalized spacial score (nSPS) is 24.3. The fraction of sp³-hybridized carbons (Fsp3) is 0.550. The summed E-state index contributed by atoms with van der Waals surface area (Å²) in [5, 5.41) is 0. The third-order valence-corrected chi connectivity index (χ3v) is 5.41. The number of rotatable bonds is 4. The molecule has 2 fully saturated rings. The van der Waals surface area contributed by atoms with Crippen LogP contribution in [0.3, 0.4) is 0 Å². The molecular weight excluding hydrogens is 328 g/mol. The first-order valence-electron chi connectivity index (χ1n) is 9.51. The predicted molar refractivity (Wildman–Crippen MR) is 99.8 cm³/mol. The molecule has 0 spiro atoms. The Hall–Kier alpha value is -2.05. The van der Waals surface area contributed by atoms with Gasteiger partial charge in [0.2, 0.25) is 5.91 Å². The molecule has 2 atom stereocenters. The largest absolute Gasteiger partial charge is 0.373 e. The van der Waals surface area contributed by atoms with Gasteiger partial charge in [0.25, 0.3) is 0 Å². The van der Waals surface area contributed by atoms with Crippen LogP contribution in [-0.2, 0) is 16.0 Å². The molecule has 6 nitrogen and oxygen atoms in total. The second-order valence-electron chi connectivity index (χ2n) is 7.32. The van der Waals surface area contributed by atoms with Crippen molar-refractivity contribution in [1.82, 2.24) is 19.8 Å². The molecule has 6 heteroatoms. The van der Waals surface area contributed by atoms with Crippen LogP contribution in [-0.4, -0.2) is 70.6 Å². The van der Waals surface area contributed by atoms with Gasteiger partial charge in [-0.05, 0) is 25.0 Å². The van der Waals surface area contributed by atoms with Gasteiger partial charge in [-0.25, -0.2) is 4.98 Å². The molecule has 4 rings (SSSR count). The number of aromatic nitrogens is 2. The number of amides is 1. The molecule has 0 bridgehead atoms. The lowest BCUT2D eigenvalue weighted by molar-refractivity contribution is -0.130. The maximum atomic E-state index is 11.4. The highest BCUT2D eigenvalue weighted by Crippen LogP contribution is 2.24. The summed E-state index contributed by atoms with van der Waals surface area (Å²) in [7, 11) is 0. The maximum Gasteiger partial charge on any atom is 0.219 e. The molecule has 2 aliphatic heterocycles. The van der Waals surface area contributed by atoms with E-state index in [0.717, 1.165) is 68.7 Å². The van der Waals surface area contributed by atoms with Crippen molar-refractivity contribution in [2.75, 3.05) is 32.7 Å². The average Bonchev–Trinajstić information content (AvgIpc) is 3.09. The first-order valence-corrected chi connectivity index (χ1v) is 9.51. The number of carbonyl (C=O) groups is 1. The van der Waals surface area contributed by atoms with Crippen molar-refractivity contribution in [2.45, 2.75) is 38.4 Å². The van der Waals surface area contributed by atoms with Crippen LogP contribution >= 0.6 is 0 Å². The van der Waals surface area contributed by atoms with E-state index in [9.17, 15) is 4.79 Å². The van der Waals surface area contributed by atoms with E-state index in [2.05, 4.69) is 9.88 Å². The van der Waals surface area contributed by atoms with Crippen molar-refractivity contribution >= 4 is 16.9 Å². The Morgan fingerprint density at radius 3 is 2.62 bits per heavy atom. The summed E-state index contributed by atoms with van der Waals surface area (Å²) in [4.78, 5) is 25.0. The SMILES string of the molecule is CC(=O)N1CCN(C[C@H]2CC[C@@H](Cc3cnc4ccccc4n3)O2)CC1. The number of piperazine rings is 1. The molecule has 1 aromatic heterocycles. The quantitative estimate of drug-likeness (QED) is 0.839. The molecule has 3 heterocycles. The lowest BCUT2D eigenvalue weighted by Gasteiger charge is -2.35. The summed E-state index contributed by atoms with van der Waals surface area (Å²) in [5.74, 6) is 0.179.